The van der Waals surface area contributed by atoms with E-state index in [0.717, 1.165) is 36.4 Å². The van der Waals surface area contributed by atoms with Crippen molar-refractivity contribution in [3.63, 3.8) is 0 Å². The second kappa shape index (κ2) is 29.5. The van der Waals surface area contributed by atoms with E-state index in [1.54, 1.807) is 74.5 Å². The molecule has 0 amide bonds. The van der Waals surface area contributed by atoms with Crippen LogP contribution in [-0.4, -0.2) is 185 Å². The van der Waals surface area contributed by atoms with Crippen LogP contribution in [0.5, 0.6) is 0 Å². The molecule has 0 saturated carbocycles. The molecule has 8 rings (SSSR count). The maximum Gasteiger partial charge on any atom is 0.296 e. The van der Waals surface area contributed by atoms with E-state index in [0.29, 0.717) is 39.6 Å². The Morgan fingerprint density at radius 2 is 0.728 bits per heavy atom. The van der Waals surface area contributed by atoms with E-state index in [4.69, 9.17) is 0 Å². The number of hydrogen-bond donors (Lipinski definition) is 7. The van der Waals surface area contributed by atoms with Crippen LogP contribution >= 0.6 is 0 Å². The number of nitrogens with one attached hydrogen (secondary N) is 3. The molecule has 0 unspecified atom stereocenters. The first-order valence-electron chi connectivity index (χ1n) is 21.8. The molecule has 81 heavy (non-hydrogen) atoms. The van der Waals surface area contributed by atoms with Gasteiger partial charge in [-0.25, -0.2) is 4.99 Å². The molecule has 7 N–H and O–H groups in total. The third-order valence-corrected chi connectivity index (χ3v) is 13.9. The zero-order chi connectivity index (χ0) is 55.1. The van der Waals surface area contributed by atoms with E-state index >= 15 is 0 Å². The average molecular weight is 1210 g/mol. The maximum absolute atomic E-state index is 12.4. The predicted octanol–water partition coefficient (Wildman–Crippen LogP) is 10.3. The fourth-order valence-corrected chi connectivity index (χ4v) is 8.91. The molecule has 0 atom stereocenters. The van der Waals surface area contributed by atoms with Crippen molar-refractivity contribution in [3.05, 3.63) is 168 Å². The summed E-state index contributed by atoms with van der Waals surface area (Å²) in [5.74, 6) is 0.407. The topological polar surface area (TPSA) is 394 Å². The average Bonchev–Trinajstić information content (AvgIpc) is 3.36. The van der Waals surface area contributed by atoms with Gasteiger partial charge in [-0.3, -0.25) is 23.2 Å². The van der Waals surface area contributed by atoms with Crippen LogP contribution in [-0.2, 0) is 40.5 Å². The van der Waals surface area contributed by atoms with Gasteiger partial charge in [-0.2, -0.15) is 74.3 Å². The number of benzene rings is 7. The summed E-state index contributed by atoms with van der Waals surface area (Å²) in [5.41, 5.74) is 3.51. The molecule has 26 nitrogen and oxygen atoms in total. The van der Waals surface area contributed by atoms with Crippen molar-refractivity contribution in [2.24, 2.45) is 45.9 Å². The number of aromatic amines is 1. The van der Waals surface area contributed by atoms with Crippen LogP contribution in [0.3, 0.4) is 0 Å². The number of H-pyrrole nitrogens is 1. The molecule has 4 radical (unpaired) electrons. The smallest absolute Gasteiger partial charge is 0.296 e. The van der Waals surface area contributed by atoms with E-state index in [2.05, 4.69) is 71.5 Å². The Balaban J connectivity index is 0.00000353. The van der Waals surface area contributed by atoms with Crippen LogP contribution in [0.1, 0.15) is 11.1 Å². The zero-order valence-corrected chi connectivity index (χ0v) is 54.8. The van der Waals surface area contributed by atoms with Crippen molar-refractivity contribution in [1.29, 1.82) is 0 Å². The SMILES string of the molecule is Cc1cc(Nc2nc(=Nc3ccccc3)nc(Nc3ccc(N=Nc4ccc(N=Nc5ccc(S(=O)(=O)O)cc5)cc4S(=O)(=O)O)c(C)c3)[nH]2)ccc1N=Nc1ccc(N=Nc2ccc(S(=O)(=O)O)cc2)cc1S(=O)(=O)O.[Na].[Na].[Na].[Na]. The van der Waals surface area contributed by atoms with Crippen LogP contribution in [0.15, 0.2) is 217 Å². The number of para-hydroxylation sites is 1. The second-order valence-corrected chi connectivity index (χ2v) is 21.7. The van der Waals surface area contributed by atoms with Gasteiger partial charge in [0.1, 0.15) is 21.2 Å². The number of aryl methyl sites for hydroxylation is 2. The van der Waals surface area contributed by atoms with Crippen molar-refractivity contribution in [2.45, 2.75) is 33.4 Å². The van der Waals surface area contributed by atoms with Gasteiger partial charge in [0.2, 0.25) is 11.9 Å². The number of anilines is 4. The van der Waals surface area contributed by atoms with Crippen LogP contribution in [0.25, 0.3) is 0 Å². The molecular formula is C47H38N14Na4O12S4. The first-order valence-corrected chi connectivity index (χ1v) is 27.6. The van der Waals surface area contributed by atoms with Gasteiger partial charge in [-0.1, -0.05) is 18.2 Å². The summed E-state index contributed by atoms with van der Waals surface area (Å²) >= 11 is 0. The fourth-order valence-electron chi connectivity index (χ4n) is 6.67. The molecule has 0 saturated heterocycles. The van der Waals surface area contributed by atoms with Crippen LogP contribution in [0.4, 0.5) is 74.5 Å². The normalized spacial score (nSPS) is 11.9. The molecule has 1 heterocycles. The predicted molar refractivity (Wildman–Crippen MR) is 302 cm³/mol. The summed E-state index contributed by atoms with van der Waals surface area (Å²) in [6, 6.07) is 35.8. The van der Waals surface area contributed by atoms with Gasteiger partial charge in [-0.05, 0) is 158 Å². The van der Waals surface area contributed by atoms with Gasteiger partial charge in [0.25, 0.3) is 46.1 Å². The monoisotopic (exact) mass is 1210 g/mol. The quantitative estimate of drug-likeness (QED) is 0.0253. The maximum atomic E-state index is 12.4. The summed E-state index contributed by atoms with van der Waals surface area (Å²) in [6.45, 7) is 3.46. The summed E-state index contributed by atoms with van der Waals surface area (Å²) in [6.07, 6.45) is 0. The van der Waals surface area contributed by atoms with Crippen molar-refractivity contribution in [1.82, 2.24) is 15.0 Å². The summed E-state index contributed by atoms with van der Waals surface area (Å²) in [5, 5.41) is 38.8. The molecule has 8 aromatic rings. The standard InChI is InChI=1S/C47H38N14O12S4.4Na/c1-28-24-33(12-20-39(28)58-60-41-22-14-35(26-43(41)76(68,69)70)56-54-31-8-16-37(17-9-31)74(62,63)64)49-46-51-45(48-30-6-4-3-5-7-30)52-47(53-46)50-34-13-21-40(29(2)25-34)59-61-42-23-15-36(27-44(42)77(71,72)73)57-55-32-10-18-38(19-11-32)75(65,66)67;;;;/h3-27H,1-2H3,(H,62,63,64)(H,65,66,67)(H,68,69,70)(H,71,72,73)(H3,48,49,50,51,52,53);;;;. The summed E-state index contributed by atoms with van der Waals surface area (Å²) < 4.78 is 133. The van der Waals surface area contributed by atoms with E-state index < -0.39 is 50.3 Å². The zero-order valence-electron chi connectivity index (χ0n) is 43.5. The summed E-state index contributed by atoms with van der Waals surface area (Å²) in [7, 11) is -18.5. The third-order valence-electron chi connectivity index (χ3n) is 10.4. The largest absolute Gasteiger partial charge is 0.326 e. The van der Waals surface area contributed by atoms with E-state index in [1.807, 2.05) is 6.07 Å². The van der Waals surface area contributed by atoms with Gasteiger partial charge in [0, 0.05) is 130 Å². The minimum Gasteiger partial charge on any atom is -0.326 e. The summed E-state index contributed by atoms with van der Waals surface area (Å²) in [4.78, 5) is 14.8. The van der Waals surface area contributed by atoms with Gasteiger partial charge in [0.15, 0.2) is 0 Å². The van der Waals surface area contributed by atoms with Gasteiger partial charge in [-0.15, -0.1) is 10.2 Å². The van der Waals surface area contributed by atoms with Crippen LogP contribution in [0.2, 0.25) is 0 Å². The first-order chi connectivity index (χ1) is 36.4. The van der Waals surface area contributed by atoms with Crippen molar-refractivity contribution in [2.75, 3.05) is 10.6 Å². The Labute approximate surface area is 551 Å². The number of azo groups is 4. The van der Waals surface area contributed by atoms with E-state index in [1.165, 1.54) is 48.5 Å². The number of hydrogen-bond acceptors (Lipinski definition) is 21. The molecule has 0 aliphatic heterocycles. The van der Waals surface area contributed by atoms with Gasteiger partial charge >= 0.3 is 0 Å². The molecule has 0 bridgehead atoms. The van der Waals surface area contributed by atoms with Gasteiger partial charge in [0.05, 0.1) is 49.6 Å². The number of aromatic nitrogens is 3. The Kier molecular flexibility index (Phi) is 24.9. The fraction of sp³-hybridized carbons (Fsp3) is 0.0426. The molecule has 396 valence electrons. The molecule has 7 aromatic carbocycles. The Bertz CT molecular complexity index is 4020. The molecule has 1 aromatic heterocycles. The third kappa shape index (κ3) is 19.5. The van der Waals surface area contributed by atoms with Gasteiger partial charge < -0.3 is 10.6 Å². The van der Waals surface area contributed by atoms with Crippen molar-refractivity contribution < 1.29 is 51.9 Å². The molecule has 0 spiro atoms. The number of rotatable bonds is 17. The molecule has 0 aliphatic carbocycles. The van der Waals surface area contributed by atoms with Crippen LogP contribution in [0, 0.1) is 13.8 Å². The molecule has 0 fully saturated rings. The van der Waals surface area contributed by atoms with Crippen LogP contribution < -0.4 is 16.3 Å². The Hall–Kier alpha value is -5.01. The van der Waals surface area contributed by atoms with Crippen molar-refractivity contribution in [3.8, 4) is 0 Å². The number of nitrogens with zero attached hydrogens (tertiary/aromatic N) is 11. The molecule has 0 aliphatic rings. The first kappa shape index (κ1) is 68.5. The van der Waals surface area contributed by atoms with Crippen molar-refractivity contribution >= 4 is 233 Å². The Morgan fingerprint density at radius 3 is 1.09 bits per heavy atom. The molecular weight excluding hydrogens is 1170 g/mol. The second-order valence-electron chi connectivity index (χ2n) is 16.0. The molecule has 34 heteroatoms. The van der Waals surface area contributed by atoms with E-state index in [9.17, 15) is 51.9 Å². The minimum atomic E-state index is -4.84. The Morgan fingerprint density at radius 1 is 0.383 bits per heavy atom. The van der Waals surface area contributed by atoms with E-state index in [-0.39, 0.29) is 180 Å². The minimum absolute atomic E-state index is 0.